The Morgan fingerprint density at radius 3 is 2.28 bits per heavy atom. The highest BCUT2D eigenvalue weighted by Crippen LogP contribution is 2.25. The van der Waals surface area contributed by atoms with E-state index in [-0.39, 0.29) is 0 Å². The van der Waals surface area contributed by atoms with Crippen molar-refractivity contribution >= 4 is 0 Å². The summed E-state index contributed by atoms with van der Waals surface area (Å²) < 4.78 is 1.93. The van der Waals surface area contributed by atoms with Gasteiger partial charge in [-0.25, -0.2) is 4.68 Å². The summed E-state index contributed by atoms with van der Waals surface area (Å²) in [6.07, 6.45) is 2.00. The van der Waals surface area contributed by atoms with Crippen molar-refractivity contribution in [3.63, 3.8) is 0 Å². The molecule has 88 valence electrons. The van der Waals surface area contributed by atoms with Gasteiger partial charge in [0.25, 0.3) is 0 Å². The third-order valence-electron chi connectivity index (χ3n) is 2.96. The van der Waals surface area contributed by atoms with Crippen LogP contribution in [0.4, 0.5) is 0 Å². The predicted molar refractivity (Wildman–Crippen MR) is 73.7 cm³/mol. The van der Waals surface area contributed by atoms with Gasteiger partial charge in [0, 0.05) is 11.8 Å². The molecule has 2 nitrogen and oxygen atoms in total. The third-order valence-corrected chi connectivity index (χ3v) is 2.96. The van der Waals surface area contributed by atoms with Gasteiger partial charge in [0.15, 0.2) is 0 Å². The Bertz CT molecular complexity index is 654. The molecule has 0 saturated heterocycles. The van der Waals surface area contributed by atoms with E-state index in [4.69, 9.17) is 0 Å². The molecule has 1 heterocycles. The van der Waals surface area contributed by atoms with Gasteiger partial charge in [0.1, 0.15) is 0 Å². The normalized spacial score (nSPS) is 10.5. The summed E-state index contributed by atoms with van der Waals surface area (Å²) in [5.41, 5.74) is 4.54. The lowest BCUT2D eigenvalue weighted by Gasteiger charge is -2.09. The van der Waals surface area contributed by atoms with Gasteiger partial charge in [-0.15, -0.1) is 0 Å². The summed E-state index contributed by atoms with van der Waals surface area (Å²) in [6, 6.07) is 20.7. The molecule has 2 aromatic carbocycles. The third kappa shape index (κ3) is 1.93. The molecule has 0 spiro atoms. The van der Waals surface area contributed by atoms with E-state index >= 15 is 0 Å². The van der Waals surface area contributed by atoms with Crippen molar-refractivity contribution in [1.29, 1.82) is 0 Å². The molecule has 0 bridgehead atoms. The zero-order valence-corrected chi connectivity index (χ0v) is 10.2. The van der Waals surface area contributed by atoms with Crippen molar-refractivity contribution in [2.24, 2.45) is 0 Å². The van der Waals surface area contributed by atoms with Gasteiger partial charge >= 0.3 is 0 Å². The SMILES string of the molecule is Cc1ccn(-c2ccccc2-c2ccccc2)n1. The average Bonchev–Trinajstić information content (AvgIpc) is 2.86. The number of hydrogen-bond acceptors (Lipinski definition) is 1. The van der Waals surface area contributed by atoms with Crippen LogP contribution < -0.4 is 0 Å². The van der Waals surface area contributed by atoms with Crippen LogP contribution in [0.5, 0.6) is 0 Å². The van der Waals surface area contributed by atoms with E-state index in [0.29, 0.717) is 0 Å². The molecule has 3 aromatic rings. The van der Waals surface area contributed by atoms with Crippen molar-refractivity contribution in [2.45, 2.75) is 6.92 Å². The molecular formula is C16H14N2. The second kappa shape index (κ2) is 4.49. The molecule has 18 heavy (non-hydrogen) atoms. The Kier molecular flexibility index (Phi) is 2.69. The summed E-state index contributed by atoms with van der Waals surface area (Å²) in [5, 5.41) is 4.48. The fraction of sp³-hybridized carbons (Fsp3) is 0.0625. The van der Waals surface area contributed by atoms with Gasteiger partial charge in [0.05, 0.1) is 11.4 Å². The summed E-state index contributed by atoms with van der Waals surface area (Å²) >= 11 is 0. The Balaban J connectivity index is 2.17. The molecular weight excluding hydrogens is 220 g/mol. The first-order valence-electron chi connectivity index (χ1n) is 6.02. The fourth-order valence-electron chi connectivity index (χ4n) is 2.08. The predicted octanol–water partition coefficient (Wildman–Crippen LogP) is 3.85. The van der Waals surface area contributed by atoms with E-state index in [2.05, 4.69) is 47.6 Å². The molecule has 0 aliphatic rings. The number of aryl methyl sites for hydroxylation is 1. The highest BCUT2D eigenvalue weighted by atomic mass is 15.3. The maximum Gasteiger partial charge on any atom is 0.0723 e. The Morgan fingerprint density at radius 1 is 0.833 bits per heavy atom. The molecule has 0 radical (unpaired) electrons. The van der Waals surface area contributed by atoms with Crippen LogP contribution in [0.1, 0.15) is 5.69 Å². The van der Waals surface area contributed by atoms with Crippen molar-refractivity contribution in [2.75, 3.05) is 0 Å². The minimum absolute atomic E-state index is 1.03. The van der Waals surface area contributed by atoms with E-state index in [9.17, 15) is 0 Å². The van der Waals surface area contributed by atoms with Gasteiger partial charge in [-0.2, -0.15) is 5.10 Å². The van der Waals surface area contributed by atoms with E-state index in [1.165, 1.54) is 11.1 Å². The number of benzene rings is 2. The van der Waals surface area contributed by atoms with Gasteiger partial charge in [-0.3, -0.25) is 0 Å². The maximum absolute atomic E-state index is 4.48. The molecule has 0 unspecified atom stereocenters. The van der Waals surface area contributed by atoms with Gasteiger partial charge < -0.3 is 0 Å². The van der Waals surface area contributed by atoms with Gasteiger partial charge in [0.2, 0.25) is 0 Å². The van der Waals surface area contributed by atoms with Crippen molar-refractivity contribution in [3.05, 3.63) is 72.6 Å². The number of rotatable bonds is 2. The van der Waals surface area contributed by atoms with E-state index < -0.39 is 0 Å². The first kappa shape index (κ1) is 10.8. The highest BCUT2D eigenvalue weighted by Gasteiger charge is 2.06. The van der Waals surface area contributed by atoms with Crippen LogP contribution >= 0.6 is 0 Å². The minimum Gasteiger partial charge on any atom is -0.240 e. The molecule has 0 saturated carbocycles. The van der Waals surface area contributed by atoms with Gasteiger partial charge in [-0.1, -0.05) is 48.5 Å². The molecule has 0 fully saturated rings. The minimum atomic E-state index is 1.03. The average molecular weight is 234 g/mol. The van der Waals surface area contributed by atoms with Crippen LogP contribution in [0.3, 0.4) is 0 Å². The molecule has 0 aliphatic heterocycles. The fourth-order valence-corrected chi connectivity index (χ4v) is 2.08. The maximum atomic E-state index is 4.48. The molecule has 0 aliphatic carbocycles. The summed E-state index contributed by atoms with van der Waals surface area (Å²) in [5.74, 6) is 0. The topological polar surface area (TPSA) is 17.8 Å². The van der Waals surface area contributed by atoms with Crippen molar-refractivity contribution in [1.82, 2.24) is 9.78 Å². The van der Waals surface area contributed by atoms with Crippen LogP contribution in [0.2, 0.25) is 0 Å². The molecule has 1 aromatic heterocycles. The zero-order chi connectivity index (χ0) is 12.4. The van der Waals surface area contributed by atoms with Crippen molar-refractivity contribution < 1.29 is 0 Å². The van der Waals surface area contributed by atoms with Crippen LogP contribution in [0.25, 0.3) is 16.8 Å². The lowest BCUT2D eigenvalue weighted by atomic mass is 10.0. The number of aromatic nitrogens is 2. The molecule has 0 atom stereocenters. The summed E-state index contributed by atoms with van der Waals surface area (Å²) in [7, 11) is 0. The molecule has 0 amide bonds. The summed E-state index contributed by atoms with van der Waals surface area (Å²) in [4.78, 5) is 0. The largest absolute Gasteiger partial charge is 0.240 e. The highest BCUT2D eigenvalue weighted by molar-refractivity contribution is 5.72. The zero-order valence-electron chi connectivity index (χ0n) is 10.2. The number of hydrogen-bond donors (Lipinski definition) is 0. The van der Waals surface area contributed by atoms with Crippen LogP contribution in [0, 0.1) is 6.92 Å². The molecule has 2 heteroatoms. The first-order valence-corrected chi connectivity index (χ1v) is 6.02. The summed E-state index contributed by atoms with van der Waals surface area (Å²) in [6.45, 7) is 2.00. The van der Waals surface area contributed by atoms with Crippen LogP contribution in [0.15, 0.2) is 66.9 Å². The number of nitrogens with zero attached hydrogens (tertiary/aromatic N) is 2. The Morgan fingerprint density at radius 2 is 1.56 bits per heavy atom. The lowest BCUT2D eigenvalue weighted by Crippen LogP contribution is -1.97. The standard InChI is InChI=1S/C16H14N2/c1-13-11-12-18(17-13)16-10-6-5-9-15(16)14-7-3-2-4-8-14/h2-12H,1H3. The lowest BCUT2D eigenvalue weighted by molar-refractivity contribution is 0.864. The van der Waals surface area contributed by atoms with Gasteiger partial charge in [-0.05, 0) is 24.6 Å². The number of para-hydroxylation sites is 1. The van der Waals surface area contributed by atoms with Crippen molar-refractivity contribution in [3.8, 4) is 16.8 Å². The monoisotopic (exact) mass is 234 g/mol. The Labute approximate surface area is 107 Å². The van der Waals surface area contributed by atoms with Crippen LogP contribution in [-0.4, -0.2) is 9.78 Å². The van der Waals surface area contributed by atoms with Crippen LogP contribution in [-0.2, 0) is 0 Å². The van der Waals surface area contributed by atoms with E-state index in [1.807, 2.05) is 36.0 Å². The van der Waals surface area contributed by atoms with E-state index in [1.54, 1.807) is 0 Å². The first-order chi connectivity index (χ1) is 8.84. The second-order valence-corrected chi connectivity index (χ2v) is 4.28. The quantitative estimate of drug-likeness (QED) is 0.658. The molecule has 0 N–H and O–H groups in total. The smallest absolute Gasteiger partial charge is 0.0723 e. The molecule has 3 rings (SSSR count). The second-order valence-electron chi connectivity index (χ2n) is 4.28. The Hall–Kier alpha value is -2.35. The van der Waals surface area contributed by atoms with E-state index in [0.717, 1.165) is 11.4 Å².